The third-order valence-corrected chi connectivity index (χ3v) is 3.19. The van der Waals surface area contributed by atoms with E-state index in [1.54, 1.807) is 23.1 Å². The highest BCUT2D eigenvalue weighted by Crippen LogP contribution is 2.17. The lowest BCUT2D eigenvalue weighted by Crippen LogP contribution is -2.20. The van der Waals surface area contributed by atoms with Crippen molar-refractivity contribution in [2.75, 3.05) is 10.6 Å². The summed E-state index contributed by atoms with van der Waals surface area (Å²) in [6.07, 6.45) is 3.08. The van der Waals surface area contributed by atoms with Crippen molar-refractivity contribution in [2.45, 2.75) is 6.54 Å². The molecule has 0 fully saturated rings. The van der Waals surface area contributed by atoms with Crippen LogP contribution in [0.4, 0.5) is 16.2 Å². The van der Waals surface area contributed by atoms with Gasteiger partial charge in [-0.2, -0.15) is 5.10 Å². The zero-order chi connectivity index (χ0) is 16.1. The monoisotopic (exact) mass is 309 g/mol. The van der Waals surface area contributed by atoms with Crippen LogP contribution in [0.25, 0.3) is 0 Å². The van der Waals surface area contributed by atoms with Gasteiger partial charge in [0.2, 0.25) is 0 Å². The van der Waals surface area contributed by atoms with Crippen LogP contribution in [0.5, 0.6) is 5.75 Å². The molecule has 2 aromatic carbocycles. The lowest BCUT2D eigenvalue weighted by Gasteiger charge is -2.12. The molecule has 3 rings (SSSR count). The Morgan fingerprint density at radius 1 is 1.09 bits per heavy atom. The summed E-state index contributed by atoms with van der Waals surface area (Å²) in [5.41, 5.74) is 2.20. The summed E-state index contributed by atoms with van der Waals surface area (Å²) < 4.78 is 1.68. The van der Waals surface area contributed by atoms with Crippen molar-refractivity contribution in [1.82, 2.24) is 14.8 Å². The molecule has 0 saturated carbocycles. The minimum absolute atomic E-state index is 0.147. The number of hydrogen-bond acceptors (Lipinski definition) is 4. The van der Waals surface area contributed by atoms with Gasteiger partial charge in [0.1, 0.15) is 18.4 Å². The van der Waals surface area contributed by atoms with Crippen LogP contribution in [0.3, 0.4) is 0 Å². The smallest absolute Gasteiger partial charge is 0.323 e. The van der Waals surface area contributed by atoms with Crippen molar-refractivity contribution >= 4 is 17.4 Å². The average molecular weight is 309 g/mol. The van der Waals surface area contributed by atoms with E-state index in [0.29, 0.717) is 17.9 Å². The Labute approximate surface area is 132 Å². The normalized spacial score (nSPS) is 10.3. The van der Waals surface area contributed by atoms with Crippen molar-refractivity contribution in [1.29, 1.82) is 0 Å². The zero-order valence-electron chi connectivity index (χ0n) is 12.2. The number of hydrogen-bond donors (Lipinski definition) is 3. The molecular weight excluding hydrogens is 294 g/mol. The van der Waals surface area contributed by atoms with E-state index >= 15 is 0 Å². The fourth-order valence-corrected chi connectivity index (χ4v) is 2.10. The number of urea groups is 1. The van der Waals surface area contributed by atoms with Crippen LogP contribution >= 0.6 is 0 Å². The molecule has 0 spiro atoms. The van der Waals surface area contributed by atoms with Gasteiger partial charge in [0.25, 0.3) is 0 Å². The van der Waals surface area contributed by atoms with Gasteiger partial charge in [-0.05, 0) is 35.9 Å². The molecule has 116 valence electrons. The molecule has 0 unspecified atom stereocenters. The van der Waals surface area contributed by atoms with E-state index in [9.17, 15) is 9.90 Å². The van der Waals surface area contributed by atoms with E-state index < -0.39 is 0 Å². The van der Waals surface area contributed by atoms with Crippen LogP contribution in [0.2, 0.25) is 0 Å². The van der Waals surface area contributed by atoms with E-state index in [1.807, 2.05) is 24.3 Å². The quantitative estimate of drug-likeness (QED) is 0.646. The van der Waals surface area contributed by atoms with Gasteiger partial charge in [-0.15, -0.1) is 0 Å². The van der Waals surface area contributed by atoms with Gasteiger partial charge in [0, 0.05) is 11.4 Å². The molecule has 3 aromatic rings. The van der Waals surface area contributed by atoms with Gasteiger partial charge in [0.05, 0.1) is 6.54 Å². The molecule has 2 amide bonds. The van der Waals surface area contributed by atoms with Gasteiger partial charge < -0.3 is 15.7 Å². The second-order valence-corrected chi connectivity index (χ2v) is 4.88. The molecular formula is C16H15N5O2. The lowest BCUT2D eigenvalue weighted by molar-refractivity contribution is 0.262. The van der Waals surface area contributed by atoms with Gasteiger partial charge in [-0.25, -0.2) is 14.5 Å². The van der Waals surface area contributed by atoms with Crippen LogP contribution in [0.1, 0.15) is 5.56 Å². The summed E-state index contributed by atoms with van der Waals surface area (Å²) in [6, 6.07) is 13.4. The number of aromatic hydroxyl groups is 1. The minimum Gasteiger partial charge on any atom is -0.508 e. The number of carbonyl (C=O) groups excluding carboxylic acids is 1. The molecule has 1 heterocycles. The number of benzene rings is 2. The maximum Gasteiger partial charge on any atom is 0.323 e. The minimum atomic E-state index is -0.360. The molecule has 23 heavy (non-hydrogen) atoms. The molecule has 1 aromatic heterocycles. The van der Waals surface area contributed by atoms with Gasteiger partial charge in [-0.1, -0.05) is 18.2 Å². The first-order chi connectivity index (χ1) is 11.2. The molecule has 7 heteroatoms. The lowest BCUT2D eigenvalue weighted by atomic mass is 10.2. The number of amides is 2. The number of nitrogens with zero attached hydrogens (tertiary/aromatic N) is 3. The number of phenolic OH excluding ortho intramolecular Hbond substituents is 1. The molecule has 0 bridgehead atoms. The van der Waals surface area contributed by atoms with E-state index in [4.69, 9.17) is 0 Å². The van der Waals surface area contributed by atoms with Crippen LogP contribution in [-0.2, 0) is 6.54 Å². The molecule has 3 N–H and O–H groups in total. The topological polar surface area (TPSA) is 92.1 Å². The van der Waals surface area contributed by atoms with Crippen molar-refractivity contribution in [3.8, 4) is 5.75 Å². The number of phenols is 1. The summed E-state index contributed by atoms with van der Waals surface area (Å²) in [6.45, 7) is 0.510. The van der Waals surface area contributed by atoms with Crippen molar-refractivity contribution in [3.63, 3.8) is 0 Å². The van der Waals surface area contributed by atoms with Crippen LogP contribution < -0.4 is 10.6 Å². The van der Waals surface area contributed by atoms with Crippen LogP contribution in [-0.4, -0.2) is 25.9 Å². The predicted molar refractivity (Wildman–Crippen MR) is 86.3 cm³/mol. The molecule has 0 radical (unpaired) electrons. The Morgan fingerprint density at radius 3 is 2.61 bits per heavy atom. The van der Waals surface area contributed by atoms with E-state index in [-0.39, 0.29) is 11.8 Å². The Morgan fingerprint density at radius 2 is 1.87 bits per heavy atom. The number of anilines is 2. The number of aromatic nitrogens is 3. The first-order valence-electron chi connectivity index (χ1n) is 6.98. The summed E-state index contributed by atoms with van der Waals surface area (Å²) in [5, 5.41) is 18.8. The van der Waals surface area contributed by atoms with Gasteiger partial charge in [-0.3, -0.25) is 0 Å². The van der Waals surface area contributed by atoms with Crippen LogP contribution in [0.15, 0.2) is 61.2 Å². The second kappa shape index (κ2) is 6.61. The highest BCUT2D eigenvalue weighted by molar-refractivity contribution is 6.00. The Kier molecular flexibility index (Phi) is 4.19. The first kappa shape index (κ1) is 14.6. The molecule has 0 aliphatic rings. The Hall–Kier alpha value is -3.35. The third-order valence-electron chi connectivity index (χ3n) is 3.19. The number of carbonyl (C=O) groups is 1. The maximum absolute atomic E-state index is 12.1. The molecule has 7 nitrogen and oxygen atoms in total. The third kappa shape index (κ3) is 3.85. The molecule has 0 saturated heterocycles. The summed E-state index contributed by atoms with van der Waals surface area (Å²) >= 11 is 0. The SMILES string of the molecule is O=C(Nc1ccc(O)cc1)Nc1ccccc1Cn1cncn1. The van der Waals surface area contributed by atoms with Crippen molar-refractivity contribution in [2.24, 2.45) is 0 Å². The Balaban J connectivity index is 1.69. The fourth-order valence-electron chi connectivity index (χ4n) is 2.10. The van der Waals surface area contributed by atoms with Gasteiger partial charge >= 0.3 is 6.03 Å². The number of para-hydroxylation sites is 1. The number of nitrogens with one attached hydrogen (secondary N) is 2. The largest absolute Gasteiger partial charge is 0.508 e. The van der Waals surface area contributed by atoms with Crippen molar-refractivity contribution < 1.29 is 9.90 Å². The average Bonchev–Trinajstić information content (AvgIpc) is 3.05. The first-order valence-corrected chi connectivity index (χ1v) is 6.98. The zero-order valence-corrected chi connectivity index (χ0v) is 12.2. The standard InChI is InChI=1S/C16H15N5O2/c22-14-7-5-13(6-8-14)19-16(23)20-15-4-2-1-3-12(15)9-21-11-17-10-18-21/h1-8,10-11,22H,9H2,(H2,19,20,23). The fraction of sp³-hybridized carbons (Fsp3) is 0.0625. The molecule has 0 aliphatic carbocycles. The highest BCUT2D eigenvalue weighted by atomic mass is 16.3. The van der Waals surface area contributed by atoms with E-state index in [2.05, 4.69) is 20.7 Å². The summed E-state index contributed by atoms with van der Waals surface area (Å²) in [7, 11) is 0. The van der Waals surface area contributed by atoms with E-state index in [1.165, 1.54) is 18.5 Å². The van der Waals surface area contributed by atoms with E-state index in [0.717, 1.165) is 5.56 Å². The second-order valence-electron chi connectivity index (χ2n) is 4.88. The van der Waals surface area contributed by atoms with Crippen LogP contribution in [0, 0.1) is 0 Å². The number of rotatable bonds is 4. The van der Waals surface area contributed by atoms with Gasteiger partial charge in [0.15, 0.2) is 0 Å². The van der Waals surface area contributed by atoms with Crippen molar-refractivity contribution in [3.05, 3.63) is 66.7 Å². The Bertz CT molecular complexity index is 784. The molecule has 0 aliphatic heterocycles. The predicted octanol–water partition coefficient (Wildman–Crippen LogP) is 2.68. The summed E-state index contributed by atoms with van der Waals surface area (Å²) in [4.78, 5) is 16.0. The summed E-state index contributed by atoms with van der Waals surface area (Å²) in [5.74, 6) is 0.147. The highest BCUT2D eigenvalue weighted by Gasteiger charge is 2.07. The maximum atomic E-state index is 12.1. The molecule has 0 atom stereocenters.